The van der Waals surface area contributed by atoms with E-state index >= 15 is 0 Å². The molecule has 19 heavy (non-hydrogen) atoms. The second-order valence-electron chi connectivity index (χ2n) is 4.80. The van der Waals surface area contributed by atoms with Crippen LogP contribution in [0.3, 0.4) is 0 Å². The smallest absolute Gasteiger partial charge is 0.0847 e. The zero-order chi connectivity index (χ0) is 14.0. The standard InChI is InChI=1S/C14H19ClN4/c1-9-4-6-11(7-5-9)12(17-16)8-13-14(15)10(2)18-19(13)3/h4-7,12,17H,8,16H2,1-3H3. The minimum atomic E-state index is 0.0212. The first-order valence-electron chi connectivity index (χ1n) is 6.23. The van der Waals surface area contributed by atoms with Crippen LogP contribution >= 0.6 is 11.6 Å². The van der Waals surface area contributed by atoms with Crippen molar-refractivity contribution in [2.45, 2.75) is 26.3 Å². The van der Waals surface area contributed by atoms with Crippen molar-refractivity contribution in [3.05, 3.63) is 51.8 Å². The van der Waals surface area contributed by atoms with Crippen molar-refractivity contribution in [2.75, 3.05) is 0 Å². The molecule has 0 aliphatic heterocycles. The monoisotopic (exact) mass is 278 g/mol. The molecule has 1 heterocycles. The Morgan fingerprint density at radius 3 is 2.42 bits per heavy atom. The van der Waals surface area contributed by atoms with Crippen molar-refractivity contribution in [3.63, 3.8) is 0 Å². The molecule has 4 nitrogen and oxygen atoms in total. The van der Waals surface area contributed by atoms with Crippen LogP contribution in [-0.2, 0) is 13.5 Å². The molecule has 0 aliphatic carbocycles. The Bertz CT molecular complexity index is 560. The summed E-state index contributed by atoms with van der Waals surface area (Å²) >= 11 is 6.28. The molecule has 1 aromatic carbocycles. The Labute approximate surface area is 118 Å². The summed E-state index contributed by atoms with van der Waals surface area (Å²) in [5, 5.41) is 5.04. The van der Waals surface area contributed by atoms with E-state index in [1.165, 1.54) is 5.56 Å². The molecule has 1 unspecified atom stereocenters. The van der Waals surface area contributed by atoms with Crippen LogP contribution < -0.4 is 11.3 Å². The van der Waals surface area contributed by atoms with Crippen molar-refractivity contribution in [3.8, 4) is 0 Å². The summed E-state index contributed by atoms with van der Waals surface area (Å²) < 4.78 is 1.82. The van der Waals surface area contributed by atoms with Gasteiger partial charge in [-0.2, -0.15) is 5.10 Å². The Kier molecular flexibility index (Phi) is 4.24. The lowest BCUT2D eigenvalue weighted by molar-refractivity contribution is 0.530. The minimum Gasteiger partial charge on any atom is -0.271 e. The van der Waals surface area contributed by atoms with Crippen molar-refractivity contribution >= 4 is 11.6 Å². The van der Waals surface area contributed by atoms with Crippen LogP contribution in [0.15, 0.2) is 24.3 Å². The highest BCUT2D eigenvalue weighted by Gasteiger charge is 2.17. The van der Waals surface area contributed by atoms with E-state index in [1.807, 2.05) is 18.7 Å². The number of nitrogens with zero attached hydrogens (tertiary/aromatic N) is 2. The maximum absolute atomic E-state index is 6.28. The number of halogens is 1. The Morgan fingerprint density at radius 1 is 1.32 bits per heavy atom. The van der Waals surface area contributed by atoms with Gasteiger partial charge in [-0.3, -0.25) is 16.0 Å². The van der Waals surface area contributed by atoms with E-state index in [9.17, 15) is 0 Å². The number of nitrogens with one attached hydrogen (secondary N) is 1. The molecule has 0 saturated carbocycles. The summed E-state index contributed by atoms with van der Waals surface area (Å²) in [5.41, 5.74) is 7.06. The maximum atomic E-state index is 6.28. The lowest BCUT2D eigenvalue weighted by Crippen LogP contribution is -2.30. The predicted octanol–water partition coefficient (Wildman–Crippen LogP) is 2.44. The van der Waals surface area contributed by atoms with Crippen LogP contribution in [0.1, 0.15) is 28.6 Å². The third-order valence-corrected chi connectivity index (χ3v) is 3.83. The second kappa shape index (κ2) is 5.74. The van der Waals surface area contributed by atoms with Crippen LogP contribution in [0.2, 0.25) is 5.02 Å². The van der Waals surface area contributed by atoms with Gasteiger partial charge in [0.15, 0.2) is 0 Å². The summed E-state index contributed by atoms with van der Waals surface area (Å²) in [7, 11) is 1.90. The molecule has 0 bridgehead atoms. The molecule has 2 rings (SSSR count). The van der Waals surface area contributed by atoms with Gasteiger partial charge >= 0.3 is 0 Å². The van der Waals surface area contributed by atoms with Gasteiger partial charge in [-0.1, -0.05) is 41.4 Å². The molecular formula is C14H19ClN4. The van der Waals surface area contributed by atoms with E-state index in [-0.39, 0.29) is 6.04 Å². The Morgan fingerprint density at radius 2 is 1.95 bits per heavy atom. The van der Waals surface area contributed by atoms with E-state index in [1.54, 1.807) is 0 Å². The van der Waals surface area contributed by atoms with Crippen molar-refractivity contribution in [1.29, 1.82) is 0 Å². The first-order chi connectivity index (χ1) is 9.02. The van der Waals surface area contributed by atoms with E-state index in [4.69, 9.17) is 17.4 Å². The summed E-state index contributed by atoms with van der Waals surface area (Å²) in [6.45, 7) is 3.97. The molecule has 1 atom stereocenters. The highest BCUT2D eigenvalue weighted by atomic mass is 35.5. The quantitative estimate of drug-likeness (QED) is 0.667. The van der Waals surface area contributed by atoms with Gasteiger partial charge in [0, 0.05) is 13.5 Å². The summed E-state index contributed by atoms with van der Waals surface area (Å²) in [5.74, 6) is 5.67. The van der Waals surface area contributed by atoms with Crippen molar-refractivity contribution in [1.82, 2.24) is 15.2 Å². The normalized spacial score (nSPS) is 12.7. The van der Waals surface area contributed by atoms with Gasteiger partial charge in [-0.05, 0) is 19.4 Å². The number of aryl methyl sites for hydroxylation is 3. The fraction of sp³-hybridized carbons (Fsp3) is 0.357. The zero-order valence-corrected chi connectivity index (χ0v) is 12.2. The number of aromatic nitrogens is 2. The fourth-order valence-electron chi connectivity index (χ4n) is 2.17. The van der Waals surface area contributed by atoms with Gasteiger partial charge in [0.2, 0.25) is 0 Å². The highest BCUT2D eigenvalue weighted by molar-refractivity contribution is 6.31. The molecule has 0 radical (unpaired) electrons. The molecule has 5 heteroatoms. The Balaban J connectivity index is 2.26. The average Bonchev–Trinajstić information content (AvgIpc) is 2.63. The first kappa shape index (κ1) is 14.1. The molecule has 0 spiro atoms. The number of hydrogen-bond acceptors (Lipinski definition) is 3. The van der Waals surface area contributed by atoms with Gasteiger partial charge in [0.25, 0.3) is 0 Å². The largest absolute Gasteiger partial charge is 0.271 e. The van der Waals surface area contributed by atoms with Gasteiger partial charge in [-0.25, -0.2) is 0 Å². The third-order valence-electron chi connectivity index (χ3n) is 3.34. The van der Waals surface area contributed by atoms with Gasteiger partial charge in [0.1, 0.15) is 0 Å². The summed E-state index contributed by atoms with van der Waals surface area (Å²) in [4.78, 5) is 0. The van der Waals surface area contributed by atoms with E-state index in [0.717, 1.165) is 22.0 Å². The zero-order valence-electron chi connectivity index (χ0n) is 11.4. The minimum absolute atomic E-state index is 0.0212. The van der Waals surface area contributed by atoms with Crippen molar-refractivity contribution < 1.29 is 0 Å². The molecule has 2 aromatic rings. The van der Waals surface area contributed by atoms with Crippen LogP contribution in [0.25, 0.3) is 0 Å². The van der Waals surface area contributed by atoms with Gasteiger partial charge in [-0.15, -0.1) is 0 Å². The number of hydrogen-bond donors (Lipinski definition) is 2. The third kappa shape index (κ3) is 2.97. The summed E-state index contributed by atoms with van der Waals surface area (Å²) in [6, 6.07) is 8.34. The Hall–Kier alpha value is -1.36. The predicted molar refractivity (Wildman–Crippen MR) is 77.9 cm³/mol. The first-order valence-corrected chi connectivity index (χ1v) is 6.61. The molecule has 0 fully saturated rings. The summed E-state index contributed by atoms with van der Waals surface area (Å²) in [6.07, 6.45) is 0.704. The number of rotatable bonds is 4. The second-order valence-corrected chi connectivity index (χ2v) is 5.18. The molecule has 1 aromatic heterocycles. The van der Waals surface area contributed by atoms with Gasteiger partial charge < -0.3 is 0 Å². The molecule has 3 N–H and O–H groups in total. The molecule has 0 saturated heterocycles. The molecular weight excluding hydrogens is 260 g/mol. The molecule has 102 valence electrons. The number of benzene rings is 1. The number of nitrogens with two attached hydrogens (primary N) is 1. The van der Waals surface area contributed by atoms with Crippen LogP contribution in [0, 0.1) is 13.8 Å². The topological polar surface area (TPSA) is 55.9 Å². The fourth-order valence-corrected chi connectivity index (χ4v) is 2.40. The lowest BCUT2D eigenvalue weighted by Gasteiger charge is -2.17. The molecule has 0 amide bonds. The van der Waals surface area contributed by atoms with Crippen molar-refractivity contribution in [2.24, 2.45) is 12.9 Å². The van der Waals surface area contributed by atoms with Gasteiger partial charge in [0.05, 0.1) is 22.5 Å². The van der Waals surface area contributed by atoms with E-state index in [0.29, 0.717) is 6.42 Å². The van der Waals surface area contributed by atoms with E-state index in [2.05, 4.69) is 41.7 Å². The van der Waals surface area contributed by atoms with Crippen LogP contribution in [-0.4, -0.2) is 9.78 Å². The molecule has 0 aliphatic rings. The number of hydrazine groups is 1. The maximum Gasteiger partial charge on any atom is 0.0847 e. The van der Waals surface area contributed by atoms with Crippen LogP contribution in [0.4, 0.5) is 0 Å². The van der Waals surface area contributed by atoms with Crippen LogP contribution in [0.5, 0.6) is 0 Å². The lowest BCUT2D eigenvalue weighted by atomic mass is 10.0. The SMILES string of the molecule is Cc1ccc(C(Cc2c(Cl)c(C)nn2C)NN)cc1. The average molecular weight is 279 g/mol. The highest BCUT2D eigenvalue weighted by Crippen LogP contribution is 2.25. The van der Waals surface area contributed by atoms with E-state index < -0.39 is 0 Å².